The fraction of sp³-hybridized carbons (Fsp3) is 0. The van der Waals surface area contributed by atoms with Crippen LogP contribution in [0.2, 0.25) is 0 Å². The van der Waals surface area contributed by atoms with Gasteiger partial charge >= 0.3 is 5.97 Å². The van der Waals surface area contributed by atoms with Crippen LogP contribution in [0.15, 0.2) is 36.9 Å². The molecule has 76 valence electrons. The molecule has 0 saturated carbocycles. The molecule has 0 saturated heterocycles. The van der Waals surface area contributed by atoms with Crippen LogP contribution >= 0.6 is 0 Å². The molecule has 5 heteroatoms. The third-order valence-electron chi connectivity index (χ3n) is 1.98. The number of imidazole rings is 1. The van der Waals surface area contributed by atoms with Crippen molar-refractivity contribution in [2.24, 2.45) is 0 Å². The van der Waals surface area contributed by atoms with Crippen LogP contribution in [0, 0.1) is 5.82 Å². The van der Waals surface area contributed by atoms with Gasteiger partial charge in [0.25, 0.3) is 0 Å². The third kappa shape index (κ3) is 1.71. The number of carbonyl (C=O) groups is 1. The lowest BCUT2D eigenvalue weighted by Crippen LogP contribution is -2.00. The van der Waals surface area contributed by atoms with Crippen molar-refractivity contribution in [1.82, 2.24) is 9.55 Å². The van der Waals surface area contributed by atoms with Crippen molar-refractivity contribution in [3.05, 3.63) is 48.3 Å². The van der Waals surface area contributed by atoms with E-state index in [0.29, 0.717) is 0 Å². The highest BCUT2D eigenvalue weighted by Crippen LogP contribution is 2.14. The summed E-state index contributed by atoms with van der Waals surface area (Å²) >= 11 is 0. The first-order valence-electron chi connectivity index (χ1n) is 4.19. The maximum atomic E-state index is 13.5. The monoisotopic (exact) mass is 206 g/mol. The molecule has 0 aliphatic carbocycles. The molecule has 0 aliphatic rings. The minimum Gasteiger partial charge on any atom is -0.478 e. The first-order chi connectivity index (χ1) is 7.18. The van der Waals surface area contributed by atoms with Crippen LogP contribution in [-0.2, 0) is 0 Å². The number of hydrogen-bond acceptors (Lipinski definition) is 2. The SMILES string of the molecule is O=C(O)c1ccc(-n2ccnc2)c(F)c1. The van der Waals surface area contributed by atoms with Crippen molar-refractivity contribution in [3.63, 3.8) is 0 Å². The Morgan fingerprint density at radius 2 is 2.27 bits per heavy atom. The number of hydrogen-bond donors (Lipinski definition) is 1. The van der Waals surface area contributed by atoms with E-state index in [1.54, 1.807) is 6.20 Å². The molecule has 0 aliphatic heterocycles. The van der Waals surface area contributed by atoms with Crippen LogP contribution in [0.4, 0.5) is 4.39 Å². The van der Waals surface area contributed by atoms with Crippen LogP contribution in [-0.4, -0.2) is 20.6 Å². The fourth-order valence-electron chi connectivity index (χ4n) is 1.25. The van der Waals surface area contributed by atoms with Gasteiger partial charge in [-0.2, -0.15) is 0 Å². The summed E-state index contributed by atoms with van der Waals surface area (Å²) in [7, 11) is 0. The molecule has 2 rings (SSSR count). The first-order valence-corrected chi connectivity index (χ1v) is 4.19. The number of carboxylic acid groups (broad SMARTS) is 1. The van der Waals surface area contributed by atoms with Crippen LogP contribution < -0.4 is 0 Å². The van der Waals surface area contributed by atoms with Crippen molar-refractivity contribution in [3.8, 4) is 5.69 Å². The van der Waals surface area contributed by atoms with Gasteiger partial charge in [0.1, 0.15) is 5.82 Å². The molecule has 15 heavy (non-hydrogen) atoms. The lowest BCUT2D eigenvalue weighted by molar-refractivity contribution is 0.0696. The van der Waals surface area contributed by atoms with Gasteiger partial charge in [-0.3, -0.25) is 0 Å². The minimum atomic E-state index is -1.15. The van der Waals surface area contributed by atoms with Gasteiger partial charge in [-0.1, -0.05) is 0 Å². The van der Waals surface area contributed by atoms with E-state index >= 15 is 0 Å². The number of aromatic nitrogens is 2. The second-order valence-electron chi connectivity index (χ2n) is 2.94. The summed E-state index contributed by atoms with van der Waals surface area (Å²) in [6.07, 6.45) is 4.54. The number of aromatic carboxylic acids is 1. The van der Waals surface area contributed by atoms with E-state index in [1.165, 1.54) is 29.2 Å². The number of benzene rings is 1. The zero-order valence-electron chi connectivity index (χ0n) is 7.59. The largest absolute Gasteiger partial charge is 0.478 e. The average molecular weight is 206 g/mol. The van der Waals surface area contributed by atoms with Crippen molar-refractivity contribution in [1.29, 1.82) is 0 Å². The lowest BCUT2D eigenvalue weighted by Gasteiger charge is -2.04. The zero-order chi connectivity index (χ0) is 10.8. The van der Waals surface area contributed by atoms with Gasteiger partial charge in [0.2, 0.25) is 0 Å². The summed E-state index contributed by atoms with van der Waals surface area (Å²) in [4.78, 5) is 14.3. The van der Waals surface area contributed by atoms with E-state index < -0.39 is 11.8 Å². The van der Waals surface area contributed by atoms with Gasteiger partial charge in [-0.05, 0) is 18.2 Å². The molecule has 0 spiro atoms. The van der Waals surface area contributed by atoms with Crippen LogP contribution in [0.1, 0.15) is 10.4 Å². The number of rotatable bonds is 2. The molecule has 0 amide bonds. The first kappa shape index (κ1) is 9.39. The molecular formula is C10H7FN2O2. The van der Waals surface area contributed by atoms with Gasteiger partial charge in [0.15, 0.2) is 0 Å². The normalized spacial score (nSPS) is 10.2. The maximum absolute atomic E-state index is 13.5. The number of halogens is 1. The number of nitrogens with zero attached hydrogens (tertiary/aromatic N) is 2. The Morgan fingerprint density at radius 1 is 1.47 bits per heavy atom. The van der Waals surface area contributed by atoms with Gasteiger partial charge in [-0.25, -0.2) is 14.2 Å². The molecule has 1 N–H and O–H groups in total. The standard InChI is InChI=1S/C10H7FN2O2/c11-8-5-7(10(14)15)1-2-9(8)13-4-3-12-6-13/h1-6H,(H,14,15). The summed E-state index contributed by atoms with van der Waals surface area (Å²) < 4.78 is 14.9. The highest BCUT2D eigenvalue weighted by Gasteiger charge is 2.08. The minimum absolute atomic E-state index is 0.0728. The van der Waals surface area contributed by atoms with E-state index in [-0.39, 0.29) is 11.3 Å². The Kier molecular flexibility index (Phi) is 2.21. The van der Waals surface area contributed by atoms with Crippen LogP contribution in [0.5, 0.6) is 0 Å². The van der Waals surface area contributed by atoms with Crippen molar-refractivity contribution >= 4 is 5.97 Å². The molecule has 1 heterocycles. The van der Waals surface area contributed by atoms with E-state index in [4.69, 9.17) is 5.11 Å². The van der Waals surface area contributed by atoms with E-state index in [2.05, 4.69) is 4.98 Å². The highest BCUT2D eigenvalue weighted by atomic mass is 19.1. The molecule has 0 atom stereocenters. The van der Waals surface area contributed by atoms with Crippen molar-refractivity contribution < 1.29 is 14.3 Å². The topological polar surface area (TPSA) is 55.1 Å². The Hall–Kier alpha value is -2.17. The summed E-state index contributed by atoms with van der Waals surface area (Å²) in [6.45, 7) is 0. The van der Waals surface area contributed by atoms with E-state index in [1.807, 2.05) is 0 Å². The Bertz CT molecular complexity index is 494. The number of carboxylic acids is 1. The third-order valence-corrected chi connectivity index (χ3v) is 1.98. The predicted molar refractivity (Wildman–Crippen MR) is 50.5 cm³/mol. The van der Waals surface area contributed by atoms with Gasteiger partial charge < -0.3 is 9.67 Å². The quantitative estimate of drug-likeness (QED) is 0.813. The smallest absolute Gasteiger partial charge is 0.335 e. The Balaban J connectivity index is 2.48. The molecule has 1 aromatic heterocycles. The summed E-state index contributed by atoms with van der Waals surface area (Å²) in [6, 6.07) is 3.74. The molecule has 0 unspecified atom stereocenters. The van der Waals surface area contributed by atoms with E-state index in [9.17, 15) is 9.18 Å². The highest BCUT2D eigenvalue weighted by molar-refractivity contribution is 5.87. The zero-order valence-corrected chi connectivity index (χ0v) is 7.59. The van der Waals surface area contributed by atoms with E-state index in [0.717, 1.165) is 6.07 Å². The van der Waals surface area contributed by atoms with Crippen LogP contribution in [0.3, 0.4) is 0 Å². The molecule has 0 radical (unpaired) electrons. The molecule has 1 aromatic carbocycles. The molecule has 2 aromatic rings. The van der Waals surface area contributed by atoms with Crippen molar-refractivity contribution in [2.45, 2.75) is 0 Å². The Labute approximate surface area is 84.6 Å². The van der Waals surface area contributed by atoms with Crippen LogP contribution in [0.25, 0.3) is 5.69 Å². The summed E-state index contributed by atoms with van der Waals surface area (Å²) in [5.74, 6) is -1.74. The predicted octanol–water partition coefficient (Wildman–Crippen LogP) is 1.71. The second kappa shape index (κ2) is 3.53. The summed E-state index contributed by atoms with van der Waals surface area (Å²) in [5, 5.41) is 8.64. The molecule has 4 nitrogen and oxygen atoms in total. The van der Waals surface area contributed by atoms with Gasteiger partial charge in [0.05, 0.1) is 17.6 Å². The second-order valence-corrected chi connectivity index (χ2v) is 2.94. The summed E-state index contributed by atoms with van der Waals surface area (Å²) in [5.41, 5.74) is 0.203. The molecule has 0 fully saturated rings. The van der Waals surface area contributed by atoms with Gasteiger partial charge in [-0.15, -0.1) is 0 Å². The molecule has 0 bridgehead atoms. The maximum Gasteiger partial charge on any atom is 0.335 e. The fourth-order valence-corrected chi connectivity index (χ4v) is 1.25. The average Bonchev–Trinajstić information content (AvgIpc) is 2.70. The van der Waals surface area contributed by atoms with Crippen molar-refractivity contribution in [2.75, 3.05) is 0 Å². The Morgan fingerprint density at radius 3 is 2.80 bits per heavy atom. The van der Waals surface area contributed by atoms with Gasteiger partial charge in [0, 0.05) is 12.4 Å². The molecular weight excluding hydrogens is 199 g/mol. The lowest BCUT2D eigenvalue weighted by atomic mass is 10.2.